The van der Waals surface area contributed by atoms with Gasteiger partial charge < -0.3 is 10.1 Å². The first-order valence-corrected chi connectivity index (χ1v) is 6.75. The summed E-state index contributed by atoms with van der Waals surface area (Å²) in [6, 6.07) is 7.48. The van der Waals surface area contributed by atoms with E-state index in [0.29, 0.717) is 11.8 Å². The van der Waals surface area contributed by atoms with Crippen LogP contribution in [0.2, 0.25) is 0 Å². The van der Waals surface area contributed by atoms with Crippen molar-refractivity contribution in [3.63, 3.8) is 0 Å². The summed E-state index contributed by atoms with van der Waals surface area (Å²) in [6.07, 6.45) is 6.57. The van der Waals surface area contributed by atoms with Crippen LogP contribution in [0.4, 0.5) is 5.69 Å². The molecule has 0 aliphatic heterocycles. The van der Waals surface area contributed by atoms with E-state index in [1.54, 1.807) is 7.11 Å². The second-order valence-electron chi connectivity index (χ2n) is 5.79. The minimum Gasteiger partial charge on any atom is -0.497 e. The van der Waals surface area contributed by atoms with Gasteiger partial charge in [-0.05, 0) is 48.9 Å². The normalized spacial score (nSPS) is 31.5. The molecule has 0 heterocycles. The standard InChI is InChI=1S/C16H19NO2/c1-16(10-11-3-4-12(16)9-11)15(18)17-13-5-7-14(19-2)8-6-13/h3-8,11-12H,9-10H2,1-2H3,(H,17,18)/t11-,12+,16-/m1/s1. The molecule has 1 aromatic rings. The molecular formula is C16H19NO2. The van der Waals surface area contributed by atoms with E-state index in [2.05, 4.69) is 24.4 Å². The molecule has 2 bridgehead atoms. The third-order valence-electron chi connectivity index (χ3n) is 4.54. The first-order chi connectivity index (χ1) is 9.11. The molecule has 1 amide bonds. The third-order valence-corrected chi connectivity index (χ3v) is 4.54. The highest BCUT2D eigenvalue weighted by Gasteiger charge is 2.49. The van der Waals surface area contributed by atoms with Gasteiger partial charge in [0.1, 0.15) is 5.75 Å². The quantitative estimate of drug-likeness (QED) is 0.844. The zero-order valence-electron chi connectivity index (χ0n) is 11.3. The molecule has 1 N–H and O–H groups in total. The predicted octanol–water partition coefficient (Wildman–Crippen LogP) is 3.24. The molecular weight excluding hydrogens is 238 g/mol. The smallest absolute Gasteiger partial charge is 0.230 e. The number of rotatable bonds is 3. The lowest BCUT2D eigenvalue weighted by molar-refractivity contribution is -0.126. The lowest BCUT2D eigenvalue weighted by Crippen LogP contribution is -2.36. The highest BCUT2D eigenvalue weighted by Crippen LogP contribution is 2.52. The molecule has 1 saturated carbocycles. The topological polar surface area (TPSA) is 38.3 Å². The first-order valence-electron chi connectivity index (χ1n) is 6.75. The predicted molar refractivity (Wildman–Crippen MR) is 75.1 cm³/mol. The van der Waals surface area contributed by atoms with Gasteiger partial charge in [0.05, 0.1) is 12.5 Å². The van der Waals surface area contributed by atoms with Gasteiger partial charge in [-0.3, -0.25) is 4.79 Å². The number of methoxy groups -OCH3 is 1. The molecule has 100 valence electrons. The summed E-state index contributed by atoms with van der Waals surface area (Å²) in [5.41, 5.74) is 0.582. The van der Waals surface area contributed by atoms with Crippen LogP contribution < -0.4 is 10.1 Å². The van der Waals surface area contributed by atoms with E-state index in [-0.39, 0.29) is 11.3 Å². The first kappa shape index (κ1) is 12.3. The zero-order chi connectivity index (χ0) is 13.5. The Kier molecular flexibility index (Phi) is 2.85. The van der Waals surface area contributed by atoms with Crippen LogP contribution in [0.15, 0.2) is 36.4 Å². The number of amides is 1. The van der Waals surface area contributed by atoms with Crippen molar-refractivity contribution >= 4 is 11.6 Å². The van der Waals surface area contributed by atoms with Gasteiger partial charge in [-0.25, -0.2) is 0 Å². The highest BCUT2D eigenvalue weighted by molar-refractivity contribution is 5.96. The van der Waals surface area contributed by atoms with Gasteiger partial charge in [-0.1, -0.05) is 19.1 Å². The van der Waals surface area contributed by atoms with Crippen molar-refractivity contribution in [2.75, 3.05) is 12.4 Å². The Bertz CT molecular complexity index is 520. The maximum atomic E-state index is 12.5. The van der Waals surface area contributed by atoms with Crippen molar-refractivity contribution in [1.29, 1.82) is 0 Å². The Morgan fingerprint density at radius 3 is 2.58 bits per heavy atom. The van der Waals surface area contributed by atoms with Gasteiger partial charge in [0.25, 0.3) is 0 Å². The maximum absolute atomic E-state index is 12.5. The zero-order valence-corrected chi connectivity index (χ0v) is 11.3. The van der Waals surface area contributed by atoms with Gasteiger partial charge in [-0.2, -0.15) is 0 Å². The summed E-state index contributed by atoms with van der Waals surface area (Å²) in [6.45, 7) is 2.08. The van der Waals surface area contributed by atoms with Crippen molar-refractivity contribution in [3.05, 3.63) is 36.4 Å². The number of ether oxygens (including phenoxy) is 1. The van der Waals surface area contributed by atoms with E-state index >= 15 is 0 Å². The van der Waals surface area contributed by atoms with Gasteiger partial charge >= 0.3 is 0 Å². The molecule has 2 aliphatic carbocycles. The molecule has 2 aliphatic rings. The Morgan fingerprint density at radius 1 is 1.32 bits per heavy atom. The summed E-state index contributed by atoms with van der Waals surface area (Å²) in [7, 11) is 1.64. The van der Waals surface area contributed by atoms with Crippen LogP contribution in [0, 0.1) is 17.3 Å². The molecule has 0 unspecified atom stereocenters. The molecule has 0 aromatic heterocycles. The molecule has 0 spiro atoms. The average molecular weight is 257 g/mol. The molecule has 1 aromatic carbocycles. The number of fused-ring (bicyclic) bond motifs is 2. The number of allylic oxidation sites excluding steroid dienone is 2. The van der Waals surface area contributed by atoms with Crippen molar-refractivity contribution in [2.24, 2.45) is 17.3 Å². The van der Waals surface area contributed by atoms with Crippen LogP contribution in [0.3, 0.4) is 0 Å². The molecule has 0 saturated heterocycles. The third kappa shape index (κ3) is 2.03. The summed E-state index contributed by atoms with van der Waals surface area (Å²) in [4.78, 5) is 12.5. The fourth-order valence-electron chi connectivity index (χ4n) is 3.30. The maximum Gasteiger partial charge on any atom is 0.230 e. The Morgan fingerprint density at radius 2 is 2.05 bits per heavy atom. The number of hydrogen-bond donors (Lipinski definition) is 1. The molecule has 19 heavy (non-hydrogen) atoms. The van der Waals surface area contributed by atoms with Crippen LogP contribution >= 0.6 is 0 Å². The van der Waals surface area contributed by atoms with Gasteiger partial charge in [-0.15, -0.1) is 0 Å². The van der Waals surface area contributed by atoms with Crippen molar-refractivity contribution in [3.8, 4) is 5.75 Å². The fourth-order valence-corrected chi connectivity index (χ4v) is 3.30. The number of benzene rings is 1. The van der Waals surface area contributed by atoms with Gasteiger partial charge in [0.2, 0.25) is 5.91 Å². The largest absolute Gasteiger partial charge is 0.497 e. The van der Waals surface area contributed by atoms with E-state index in [1.165, 1.54) is 0 Å². The molecule has 1 fully saturated rings. The minimum absolute atomic E-state index is 0.134. The Balaban J connectivity index is 1.72. The van der Waals surface area contributed by atoms with E-state index in [0.717, 1.165) is 24.3 Å². The van der Waals surface area contributed by atoms with Crippen molar-refractivity contribution in [2.45, 2.75) is 19.8 Å². The van der Waals surface area contributed by atoms with Crippen LogP contribution in [0.1, 0.15) is 19.8 Å². The lowest BCUT2D eigenvalue weighted by Gasteiger charge is -2.29. The van der Waals surface area contributed by atoms with Gasteiger partial charge in [0.15, 0.2) is 0 Å². The SMILES string of the molecule is COc1ccc(NC(=O)[C@]2(C)C[C@@H]3C=C[C@H]2C3)cc1. The highest BCUT2D eigenvalue weighted by atomic mass is 16.5. The molecule has 3 atom stereocenters. The Labute approximate surface area is 113 Å². The van der Waals surface area contributed by atoms with Crippen LogP contribution in [0.25, 0.3) is 0 Å². The van der Waals surface area contributed by atoms with Gasteiger partial charge in [0, 0.05) is 5.69 Å². The van der Waals surface area contributed by atoms with E-state index in [1.807, 2.05) is 24.3 Å². The number of carbonyl (C=O) groups is 1. The summed E-state index contributed by atoms with van der Waals surface area (Å²) in [5.74, 6) is 1.92. The van der Waals surface area contributed by atoms with E-state index < -0.39 is 0 Å². The monoisotopic (exact) mass is 257 g/mol. The van der Waals surface area contributed by atoms with Crippen molar-refractivity contribution < 1.29 is 9.53 Å². The number of carbonyl (C=O) groups excluding carboxylic acids is 1. The van der Waals surface area contributed by atoms with E-state index in [4.69, 9.17) is 4.74 Å². The number of anilines is 1. The minimum atomic E-state index is -0.251. The summed E-state index contributed by atoms with van der Waals surface area (Å²) >= 11 is 0. The summed E-state index contributed by atoms with van der Waals surface area (Å²) in [5, 5.41) is 3.03. The van der Waals surface area contributed by atoms with Crippen LogP contribution in [0.5, 0.6) is 5.75 Å². The molecule has 3 heteroatoms. The van der Waals surface area contributed by atoms with E-state index in [9.17, 15) is 4.79 Å². The van der Waals surface area contributed by atoms with Crippen LogP contribution in [-0.4, -0.2) is 13.0 Å². The lowest BCUT2D eigenvalue weighted by atomic mass is 9.77. The number of nitrogens with one attached hydrogen (secondary N) is 1. The van der Waals surface area contributed by atoms with Crippen molar-refractivity contribution in [1.82, 2.24) is 0 Å². The molecule has 3 rings (SSSR count). The second-order valence-corrected chi connectivity index (χ2v) is 5.79. The summed E-state index contributed by atoms with van der Waals surface area (Å²) < 4.78 is 5.11. The number of hydrogen-bond acceptors (Lipinski definition) is 2. The Hall–Kier alpha value is -1.77. The fraction of sp³-hybridized carbons (Fsp3) is 0.438. The van der Waals surface area contributed by atoms with Crippen LogP contribution in [-0.2, 0) is 4.79 Å². The average Bonchev–Trinajstić information content (AvgIpc) is 3.00. The molecule has 3 nitrogen and oxygen atoms in total. The molecule has 0 radical (unpaired) electrons. The second kappa shape index (κ2) is 4.41.